The predicted molar refractivity (Wildman–Crippen MR) is 117 cm³/mol. The van der Waals surface area contributed by atoms with Gasteiger partial charge in [0, 0.05) is 24.4 Å². The van der Waals surface area contributed by atoms with E-state index in [0.717, 1.165) is 16.9 Å². The number of rotatable bonds is 5. The van der Waals surface area contributed by atoms with Gasteiger partial charge in [0.2, 0.25) is 11.5 Å². The van der Waals surface area contributed by atoms with Crippen LogP contribution in [0.5, 0.6) is 5.88 Å². The summed E-state index contributed by atoms with van der Waals surface area (Å²) in [5.74, 6) is -3.72. The zero-order valence-electron chi connectivity index (χ0n) is 19.3. The summed E-state index contributed by atoms with van der Waals surface area (Å²) in [4.78, 5) is 33.4. The standard InChI is InChI=1S/C21H20F5N7O4/c1-20(36,21(24,25)26)19(35)32-6-12(23)13(7-32)31-17(34)10-3-9(5-28-18(10)37-2)14-4-11(22)15-16(27)29-8-30-33(14)15/h3-5,8,12-13,36H,6-7H2,1-2H3,(H,31,34)(H2,27,29,30)/t12-,13+,20?/m0/s1. The molecule has 0 radical (unpaired) electrons. The highest BCUT2D eigenvalue weighted by atomic mass is 19.4. The molecule has 0 bridgehead atoms. The van der Waals surface area contributed by atoms with Crippen molar-refractivity contribution < 1.29 is 41.4 Å². The lowest BCUT2D eigenvalue weighted by Crippen LogP contribution is -2.56. The van der Waals surface area contributed by atoms with Gasteiger partial charge in [0.1, 0.15) is 23.6 Å². The third kappa shape index (κ3) is 4.47. The number of pyridine rings is 1. The zero-order chi connectivity index (χ0) is 27.3. The predicted octanol–water partition coefficient (Wildman–Crippen LogP) is 1.11. The first kappa shape index (κ1) is 26.0. The van der Waals surface area contributed by atoms with Crippen LogP contribution < -0.4 is 15.8 Å². The zero-order valence-corrected chi connectivity index (χ0v) is 19.3. The molecule has 4 rings (SSSR count). The van der Waals surface area contributed by atoms with E-state index >= 15 is 0 Å². The number of methoxy groups -OCH3 is 1. The highest BCUT2D eigenvalue weighted by Crippen LogP contribution is 2.33. The second-order valence-corrected chi connectivity index (χ2v) is 8.44. The van der Waals surface area contributed by atoms with E-state index in [-0.39, 0.29) is 41.0 Å². The van der Waals surface area contributed by atoms with Crippen LogP contribution in [0.25, 0.3) is 16.8 Å². The van der Waals surface area contributed by atoms with Crippen LogP contribution in [0.2, 0.25) is 0 Å². The van der Waals surface area contributed by atoms with Gasteiger partial charge in [-0.3, -0.25) is 9.59 Å². The van der Waals surface area contributed by atoms with Crippen molar-refractivity contribution in [2.75, 3.05) is 25.9 Å². The largest absolute Gasteiger partial charge is 0.480 e. The SMILES string of the molecule is COc1ncc(-c2cc(F)c3c(N)ncnn23)cc1C(=O)N[C@@H]1CN(C(=O)C(C)(O)C(F)(F)F)C[C@@H]1F. The van der Waals surface area contributed by atoms with E-state index in [0.29, 0.717) is 4.90 Å². The Morgan fingerprint density at radius 2 is 1.95 bits per heavy atom. The van der Waals surface area contributed by atoms with E-state index in [1.807, 2.05) is 0 Å². The second kappa shape index (κ2) is 9.10. The summed E-state index contributed by atoms with van der Waals surface area (Å²) in [5.41, 5.74) is 2.01. The van der Waals surface area contributed by atoms with Crippen molar-refractivity contribution in [3.8, 4) is 17.1 Å². The van der Waals surface area contributed by atoms with E-state index in [4.69, 9.17) is 10.5 Å². The summed E-state index contributed by atoms with van der Waals surface area (Å²) >= 11 is 0. The Kier molecular flexibility index (Phi) is 6.39. The molecule has 4 N–H and O–H groups in total. The first-order valence-electron chi connectivity index (χ1n) is 10.6. The van der Waals surface area contributed by atoms with Gasteiger partial charge in [0.25, 0.3) is 11.8 Å². The third-order valence-electron chi connectivity index (χ3n) is 5.94. The Bertz CT molecular complexity index is 1380. The Balaban J connectivity index is 1.60. The fraction of sp³-hybridized carbons (Fsp3) is 0.381. The summed E-state index contributed by atoms with van der Waals surface area (Å²) in [6, 6.07) is 0.962. The average molecular weight is 529 g/mol. The van der Waals surface area contributed by atoms with Gasteiger partial charge in [-0.25, -0.2) is 23.3 Å². The number of carbonyl (C=O) groups is 2. The molecule has 0 saturated carbocycles. The summed E-state index contributed by atoms with van der Waals surface area (Å²) in [6.07, 6.45) is -4.85. The molecule has 0 aliphatic carbocycles. The number of hydrogen-bond donors (Lipinski definition) is 3. The summed E-state index contributed by atoms with van der Waals surface area (Å²) in [6.45, 7) is -1.14. The molecule has 1 saturated heterocycles. The number of aliphatic hydroxyl groups is 1. The molecule has 198 valence electrons. The number of amides is 2. The number of nitrogens with two attached hydrogens (primary N) is 1. The first-order valence-corrected chi connectivity index (χ1v) is 10.6. The number of nitrogen functional groups attached to an aromatic ring is 1. The highest BCUT2D eigenvalue weighted by molar-refractivity contribution is 5.98. The van der Waals surface area contributed by atoms with Crippen molar-refractivity contribution in [2.24, 2.45) is 0 Å². The molecule has 1 aliphatic heterocycles. The molecule has 4 heterocycles. The Morgan fingerprint density at radius 3 is 2.59 bits per heavy atom. The number of hydrogen-bond acceptors (Lipinski definition) is 8. The van der Waals surface area contributed by atoms with Gasteiger partial charge in [-0.05, 0) is 13.0 Å². The number of aromatic nitrogens is 4. The number of alkyl halides is 4. The Morgan fingerprint density at radius 1 is 1.24 bits per heavy atom. The van der Waals surface area contributed by atoms with Crippen LogP contribution in [0.3, 0.4) is 0 Å². The molecule has 3 aromatic rings. The molecule has 1 fully saturated rings. The van der Waals surface area contributed by atoms with Crippen molar-refractivity contribution in [2.45, 2.75) is 30.9 Å². The molecule has 1 unspecified atom stereocenters. The van der Waals surface area contributed by atoms with Gasteiger partial charge in [-0.1, -0.05) is 0 Å². The summed E-state index contributed by atoms with van der Waals surface area (Å²) in [5, 5.41) is 15.9. The maximum Gasteiger partial charge on any atom is 0.426 e. The van der Waals surface area contributed by atoms with Crippen LogP contribution in [0.15, 0.2) is 24.7 Å². The lowest BCUT2D eigenvalue weighted by molar-refractivity contribution is -0.249. The van der Waals surface area contributed by atoms with Crippen molar-refractivity contribution in [3.63, 3.8) is 0 Å². The molecular formula is C21H20F5N7O4. The van der Waals surface area contributed by atoms with E-state index in [2.05, 4.69) is 20.4 Å². The van der Waals surface area contributed by atoms with Gasteiger partial charge in [-0.2, -0.15) is 18.3 Å². The number of carbonyl (C=O) groups excluding carboxylic acids is 2. The van der Waals surface area contributed by atoms with Gasteiger partial charge < -0.3 is 25.8 Å². The Labute approximate surface area is 205 Å². The number of halogens is 5. The van der Waals surface area contributed by atoms with Crippen LogP contribution in [0.1, 0.15) is 17.3 Å². The van der Waals surface area contributed by atoms with E-state index in [1.54, 1.807) is 0 Å². The topological polar surface area (TPSA) is 148 Å². The van der Waals surface area contributed by atoms with Crippen LogP contribution in [0.4, 0.5) is 27.8 Å². The molecule has 2 amide bonds. The number of ether oxygens (including phenoxy) is 1. The fourth-order valence-corrected chi connectivity index (χ4v) is 3.89. The van der Waals surface area contributed by atoms with Crippen molar-refractivity contribution >= 4 is 23.1 Å². The molecule has 11 nitrogen and oxygen atoms in total. The van der Waals surface area contributed by atoms with Gasteiger partial charge in [0.05, 0.1) is 25.4 Å². The third-order valence-corrected chi connectivity index (χ3v) is 5.94. The molecule has 0 spiro atoms. The smallest absolute Gasteiger partial charge is 0.426 e. The van der Waals surface area contributed by atoms with Crippen molar-refractivity contribution in [1.29, 1.82) is 0 Å². The molecular weight excluding hydrogens is 509 g/mol. The molecule has 16 heteroatoms. The Hall–Kier alpha value is -4.08. The van der Waals surface area contributed by atoms with E-state index in [1.165, 1.54) is 19.4 Å². The van der Waals surface area contributed by atoms with Crippen molar-refractivity contribution in [1.82, 2.24) is 29.8 Å². The highest BCUT2D eigenvalue weighted by Gasteiger charge is 2.58. The van der Waals surface area contributed by atoms with Gasteiger partial charge in [0.15, 0.2) is 11.6 Å². The quantitative estimate of drug-likeness (QED) is 0.417. The maximum atomic E-state index is 14.6. The minimum absolute atomic E-state index is 0.106. The minimum atomic E-state index is -5.28. The monoisotopic (exact) mass is 529 g/mol. The average Bonchev–Trinajstić information content (AvgIpc) is 3.37. The molecule has 37 heavy (non-hydrogen) atoms. The molecule has 0 aromatic carbocycles. The van der Waals surface area contributed by atoms with Crippen molar-refractivity contribution in [3.05, 3.63) is 36.0 Å². The number of fused-ring (bicyclic) bond motifs is 1. The molecule has 3 atom stereocenters. The van der Waals surface area contributed by atoms with Crippen LogP contribution in [-0.2, 0) is 4.79 Å². The summed E-state index contributed by atoms with van der Waals surface area (Å²) in [7, 11) is 1.21. The van der Waals surface area contributed by atoms with Crippen LogP contribution >= 0.6 is 0 Å². The lowest BCUT2D eigenvalue weighted by Gasteiger charge is -2.29. The summed E-state index contributed by atoms with van der Waals surface area (Å²) < 4.78 is 74.4. The maximum absolute atomic E-state index is 14.6. The number of anilines is 1. The first-order chi connectivity index (χ1) is 17.3. The fourth-order valence-electron chi connectivity index (χ4n) is 3.89. The molecule has 3 aromatic heterocycles. The van der Waals surface area contributed by atoms with Gasteiger partial charge >= 0.3 is 6.18 Å². The second-order valence-electron chi connectivity index (χ2n) is 8.44. The molecule has 1 aliphatic rings. The van der Waals surface area contributed by atoms with E-state index < -0.39 is 54.7 Å². The van der Waals surface area contributed by atoms with Gasteiger partial charge in [-0.15, -0.1) is 0 Å². The normalized spacial score (nSPS) is 19.6. The van der Waals surface area contributed by atoms with Crippen LogP contribution in [-0.4, -0.2) is 85.6 Å². The minimum Gasteiger partial charge on any atom is -0.480 e. The number of likely N-dealkylation sites (tertiary alicyclic amines) is 1. The lowest BCUT2D eigenvalue weighted by atomic mass is 10.1. The van der Waals surface area contributed by atoms with Crippen LogP contribution in [0, 0.1) is 5.82 Å². The van der Waals surface area contributed by atoms with E-state index in [9.17, 15) is 36.6 Å². The number of nitrogens with one attached hydrogen (secondary N) is 1. The number of nitrogens with zero attached hydrogens (tertiary/aromatic N) is 5.